The molecule has 0 fully saturated rings. The molecule has 1 nitrogen and oxygen atoms in total. The van der Waals surface area contributed by atoms with E-state index >= 15 is 0 Å². The first-order chi connectivity index (χ1) is 14.6. The normalized spacial score (nSPS) is 17.4. The van der Waals surface area contributed by atoms with Crippen LogP contribution in [0.5, 0.6) is 0 Å². The first kappa shape index (κ1) is 30.2. The van der Waals surface area contributed by atoms with Crippen LogP contribution in [0.3, 0.4) is 0 Å². The molecule has 1 heteroatoms. The van der Waals surface area contributed by atoms with Gasteiger partial charge in [-0.15, -0.1) is 0 Å². The smallest absolute Gasteiger partial charge is 0.0477 e. The Labute approximate surface area is 188 Å². The lowest BCUT2D eigenvalue weighted by Gasteiger charge is -2.33. The molecule has 30 heavy (non-hydrogen) atoms. The van der Waals surface area contributed by atoms with Gasteiger partial charge in [0.2, 0.25) is 0 Å². The van der Waals surface area contributed by atoms with E-state index in [2.05, 4.69) is 75.5 Å². The molecule has 0 aliphatic heterocycles. The van der Waals surface area contributed by atoms with Gasteiger partial charge in [-0.1, -0.05) is 99.2 Å². The Morgan fingerprint density at radius 2 is 1.50 bits per heavy atom. The minimum absolute atomic E-state index is 0.472. The highest BCUT2D eigenvalue weighted by Crippen LogP contribution is 2.47. The van der Waals surface area contributed by atoms with Gasteiger partial charge in [0.05, 0.1) is 0 Å². The second-order valence-electron chi connectivity index (χ2n) is 6.49. The Hall–Kier alpha value is -2.02. The monoisotopic (exact) mass is 411 g/mol. The number of hydrogen-bond acceptors (Lipinski definition) is 0. The Bertz CT molecular complexity index is 746. The van der Waals surface area contributed by atoms with E-state index in [4.69, 9.17) is 0 Å². The zero-order valence-electron chi connectivity index (χ0n) is 22.1. The van der Waals surface area contributed by atoms with Gasteiger partial charge < -0.3 is 4.57 Å². The van der Waals surface area contributed by atoms with Crippen molar-refractivity contribution in [2.45, 2.75) is 88.5 Å². The molecule has 3 rings (SSSR count). The Kier molecular flexibility index (Phi) is 16.8. The minimum atomic E-state index is 0.472. The summed E-state index contributed by atoms with van der Waals surface area (Å²) in [4.78, 5) is 0. The van der Waals surface area contributed by atoms with Crippen molar-refractivity contribution in [1.82, 2.24) is 4.57 Å². The highest BCUT2D eigenvalue weighted by Gasteiger charge is 2.33. The fourth-order valence-corrected chi connectivity index (χ4v) is 4.10. The van der Waals surface area contributed by atoms with Crippen molar-refractivity contribution < 1.29 is 0 Å². The maximum atomic E-state index is 4.03. The van der Waals surface area contributed by atoms with Gasteiger partial charge in [0.1, 0.15) is 0 Å². The van der Waals surface area contributed by atoms with Crippen molar-refractivity contribution in [2.75, 3.05) is 0 Å². The van der Waals surface area contributed by atoms with E-state index in [1.165, 1.54) is 33.5 Å². The maximum Gasteiger partial charge on any atom is 0.0477 e. The number of aryl methyl sites for hydroxylation is 2. The lowest BCUT2D eigenvalue weighted by Crippen LogP contribution is -2.21. The van der Waals surface area contributed by atoms with E-state index in [1.54, 1.807) is 0 Å². The summed E-state index contributed by atoms with van der Waals surface area (Å²) in [6, 6.07) is 8.81. The standard InChI is InChI=1S/C21H25N.4C2H6/c1-6-17-20(18-11-9-8-10-14(18)3)15(4)12-16-13-22(5)19(7-2)21(16)17;4*1-2/h6-11,13,15,20H,2,12H2,1,3-5H3;4*1-2H3/b17-6-;;;;. The summed E-state index contributed by atoms with van der Waals surface area (Å²) in [5.41, 5.74) is 8.42. The van der Waals surface area contributed by atoms with Crippen LogP contribution in [0.1, 0.15) is 103 Å². The van der Waals surface area contributed by atoms with Crippen molar-refractivity contribution >= 4 is 11.6 Å². The number of fused-ring (bicyclic) bond motifs is 1. The number of hydrogen-bond donors (Lipinski definition) is 0. The molecule has 0 spiro atoms. The fourth-order valence-electron chi connectivity index (χ4n) is 4.10. The summed E-state index contributed by atoms with van der Waals surface area (Å²) in [5.74, 6) is 1.08. The first-order valence-corrected chi connectivity index (χ1v) is 12.1. The van der Waals surface area contributed by atoms with Crippen LogP contribution in [0.25, 0.3) is 11.6 Å². The largest absolute Gasteiger partial charge is 0.350 e. The summed E-state index contributed by atoms with van der Waals surface area (Å²) in [7, 11) is 2.12. The van der Waals surface area contributed by atoms with Crippen LogP contribution in [0.4, 0.5) is 0 Å². The van der Waals surface area contributed by atoms with Gasteiger partial charge in [-0.3, -0.25) is 0 Å². The minimum Gasteiger partial charge on any atom is -0.350 e. The van der Waals surface area contributed by atoms with Gasteiger partial charge >= 0.3 is 0 Å². The summed E-state index contributed by atoms with van der Waals surface area (Å²) < 4.78 is 2.22. The number of rotatable bonds is 2. The lowest BCUT2D eigenvalue weighted by atomic mass is 9.70. The number of nitrogens with zero attached hydrogens (tertiary/aromatic N) is 1. The molecule has 2 unspecified atom stereocenters. The average molecular weight is 412 g/mol. The predicted octanol–water partition coefficient (Wildman–Crippen LogP) is 9.46. The third kappa shape index (κ3) is 6.76. The fraction of sp³-hybridized carbons (Fsp3) is 0.517. The zero-order valence-corrected chi connectivity index (χ0v) is 22.1. The molecular weight excluding hydrogens is 362 g/mol. The first-order valence-electron chi connectivity index (χ1n) is 12.1. The number of aromatic nitrogens is 1. The molecule has 0 N–H and O–H groups in total. The van der Waals surface area contributed by atoms with Crippen LogP contribution in [-0.4, -0.2) is 4.57 Å². The van der Waals surface area contributed by atoms with Gasteiger partial charge in [0.25, 0.3) is 0 Å². The summed E-state index contributed by atoms with van der Waals surface area (Å²) in [6.07, 6.45) is 7.71. The van der Waals surface area contributed by atoms with Crippen molar-refractivity contribution in [3.63, 3.8) is 0 Å². The third-order valence-electron chi connectivity index (χ3n) is 5.07. The molecule has 1 aromatic heterocycles. The zero-order chi connectivity index (χ0) is 23.9. The van der Waals surface area contributed by atoms with Crippen molar-refractivity contribution in [3.8, 4) is 0 Å². The Balaban J connectivity index is 0. The molecule has 0 radical (unpaired) electrons. The second-order valence-corrected chi connectivity index (χ2v) is 6.49. The average Bonchev–Trinajstić information content (AvgIpc) is 3.13. The highest BCUT2D eigenvalue weighted by molar-refractivity contribution is 5.81. The van der Waals surface area contributed by atoms with E-state index in [9.17, 15) is 0 Å². The van der Waals surface area contributed by atoms with E-state index in [0.29, 0.717) is 11.8 Å². The second kappa shape index (κ2) is 16.7. The van der Waals surface area contributed by atoms with E-state index in [-0.39, 0.29) is 0 Å². The number of allylic oxidation sites excluding steroid dienone is 2. The van der Waals surface area contributed by atoms with Crippen LogP contribution in [0.2, 0.25) is 0 Å². The molecule has 170 valence electrons. The maximum absolute atomic E-state index is 4.03. The van der Waals surface area contributed by atoms with Crippen LogP contribution in [-0.2, 0) is 13.5 Å². The summed E-state index contributed by atoms with van der Waals surface area (Å²) >= 11 is 0. The molecule has 1 aliphatic carbocycles. The van der Waals surface area contributed by atoms with Crippen molar-refractivity contribution in [2.24, 2.45) is 13.0 Å². The molecule has 1 aromatic carbocycles. The van der Waals surface area contributed by atoms with Crippen LogP contribution >= 0.6 is 0 Å². The molecule has 0 bridgehead atoms. The third-order valence-corrected chi connectivity index (χ3v) is 5.07. The molecule has 1 heterocycles. The molecule has 2 atom stereocenters. The van der Waals surface area contributed by atoms with Gasteiger partial charge in [0, 0.05) is 30.4 Å². The number of benzene rings is 1. The van der Waals surface area contributed by atoms with Gasteiger partial charge in [-0.25, -0.2) is 0 Å². The molecule has 0 amide bonds. The van der Waals surface area contributed by atoms with Crippen LogP contribution in [0.15, 0.2) is 43.1 Å². The molecule has 0 saturated carbocycles. The Morgan fingerprint density at radius 3 is 1.97 bits per heavy atom. The van der Waals surface area contributed by atoms with Gasteiger partial charge in [-0.05, 0) is 54.5 Å². The van der Waals surface area contributed by atoms with E-state index in [0.717, 1.165) is 6.42 Å². The molecule has 1 aliphatic rings. The quantitative estimate of drug-likeness (QED) is 0.463. The van der Waals surface area contributed by atoms with Crippen molar-refractivity contribution in [3.05, 3.63) is 71.1 Å². The van der Waals surface area contributed by atoms with Crippen LogP contribution in [0, 0.1) is 12.8 Å². The lowest BCUT2D eigenvalue weighted by molar-refractivity contribution is 0.515. The van der Waals surface area contributed by atoms with Crippen LogP contribution < -0.4 is 0 Å². The van der Waals surface area contributed by atoms with Gasteiger partial charge in [0.15, 0.2) is 0 Å². The highest BCUT2D eigenvalue weighted by atomic mass is 14.9. The van der Waals surface area contributed by atoms with Crippen molar-refractivity contribution in [1.29, 1.82) is 0 Å². The van der Waals surface area contributed by atoms with E-state index in [1.807, 2.05) is 61.5 Å². The SMILES string of the molecule is C=Cc1c2c(cn1C)CC(C)C(c1ccccc1C)/C2=C/C.CC.CC.CC.CC. The molecular formula is C29H49N. The van der Waals surface area contributed by atoms with E-state index < -0.39 is 0 Å². The summed E-state index contributed by atoms with van der Waals surface area (Å²) in [5, 5.41) is 0. The Morgan fingerprint density at radius 1 is 0.967 bits per heavy atom. The predicted molar refractivity (Wildman–Crippen MR) is 141 cm³/mol. The summed E-state index contributed by atoms with van der Waals surface area (Å²) in [6.45, 7) is 26.8. The molecule has 2 aromatic rings. The molecule has 0 saturated heterocycles. The topological polar surface area (TPSA) is 4.93 Å². The van der Waals surface area contributed by atoms with Gasteiger partial charge in [-0.2, -0.15) is 0 Å².